The highest BCUT2D eigenvalue weighted by atomic mass is 19.1. The molecule has 0 saturated heterocycles. The number of rotatable bonds is 6. The van der Waals surface area contributed by atoms with Gasteiger partial charge in [-0.25, -0.2) is 27.5 Å². The minimum Gasteiger partial charge on any atom is -0.382 e. The number of hydrogen-bond acceptors (Lipinski definition) is 5. The van der Waals surface area contributed by atoms with Crippen LogP contribution >= 0.6 is 0 Å². The minimum atomic E-state index is -1.87. The van der Waals surface area contributed by atoms with Gasteiger partial charge in [-0.15, -0.1) is 5.10 Å². The summed E-state index contributed by atoms with van der Waals surface area (Å²) in [4.78, 5) is 3.84. The quantitative estimate of drug-likeness (QED) is 0.525. The fourth-order valence-corrected chi connectivity index (χ4v) is 3.33. The number of aliphatic hydroxyl groups is 1. The summed E-state index contributed by atoms with van der Waals surface area (Å²) >= 11 is 0. The molecule has 2 aromatic carbocycles. The van der Waals surface area contributed by atoms with Crippen LogP contribution in [0, 0.1) is 17.5 Å². The van der Waals surface area contributed by atoms with Crippen molar-refractivity contribution in [3.05, 3.63) is 90.0 Å². The summed E-state index contributed by atoms with van der Waals surface area (Å²) in [6, 6.07) is 8.96. The van der Waals surface area contributed by atoms with Gasteiger partial charge in [0.25, 0.3) is 0 Å². The van der Waals surface area contributed by atoms with Crippen molar-refractivity contribution in [2.24, 2.45) is 0 Å². The third-order valence-corrected chi connectivity index (χ3v) is 5.04. The predicted octanol–water partition coefficient (Wildman–Crippen LogP) is 2.97. The molecule has 0 saturated carbocycles. The zero-order chi connectivity index (χ0) is 21.3. The second-order valence-electron chi connectivity index (χ2n) is 6.90. The summed E-state index contributed by atoms with van der Waals surface area (Å²) in [6.07, 6.45) is 4.10. The maximum absolute atomic E-state index is 14.6. The van der Waals surface area contributed by atoms with Gasteiger partial charge in [0.2, 0.25) is 0 Å². The van der Waals surface area contributed by atoms with E-state index in [0.717, 1.165) is 6.07 Å². The van der Waals surface area contributed by atoms with Crippen LogP contribution in [0.15, 0.2) is 61.3 Å². The van der Waals surface area contributed by atoms with E-state index in [1.54, 1.807) is 19.1 Å². The van der Waals surface area contributed by atoms with E-state index in [1.165, 1.54) is 46.4 Å². The van der Waals surface area contributed by atoms with Gasteiger partial charge in [0.1, 0.15) is 41.4 Å². The Hall–Kier alpha value is -3.53. The number of benzene rings is 2. The summed E-state index contributed by atoms with van der Waals surface area (Å²) < 4.78 is 44.7. The Balaban J connectivity index is 1.76. The number of aromatic nitrogens is 6. The largest absolute Gasteiger partial charge is 0.382 e. The summed E-state index contributed by atoms with van der Waals surface area (Å²) in [7, 11) is 0. The van der Waals surface area contributed by atoms with Crippen LogP contribution in [0.3, 0.4) is 0 Å². The molecule has 154 valence electrons. The van der Waals surface area contributed by atoms with Crippen LogP contribution in [0.25, 0.3) is 5.69 Å². The molecule has 2 unspecified atom stereocenters. The Labute approximate surface area is 169 Å². The third kappa shape index (κ3) is 3.57. The first-order valence-electron chi connectivity index (χ1n) is 9.06. The molecule has 2 atom stereocenters. The number of hydrogen-bond donors (Lipinski definition) is 1. The molecular formula is C20H17F3N6O. The van der Waals surface area contributed by atoms with Crippen molar-refractivity contribution in [3.8, 4) is 5.69 Å². The van der Waals surface area contributed by atoms with Gasteiger partial charge in [-0.3, -0.25) is 0 Å². The van der Waals surface area contributed by atoms with Crippen LogP contribution in [0.2, 0.25) is 0 Å². The first-order chi connectivity index (χ1) is 14.4. The number of para-hydroxylation sites is 1. The highest BCUT2D eigenvalue weighted by Crippen LogP contribution is 2.39. The first kappa shape index (κ1) is 19.8. The molecule has 10 heteroatoms. The van der Waals surface area contributed by atoms with E-state index in [0.29, 0.717) is 6.07 Å². The standard InChI is InChI=1S/C20H17F3N6O/c1-13(18-9-29(27-26-18)19-5-3-2-4-16(19)22)20(30,10-28-12-24-11-25-28)15-7-6-14(21)8-17(15)23/h2-9,11-13,30H,10H2,1H3. The van der Waals surface area contributed by atoms with Gasteiger partial charge in [0.15, 0.2) is 0 Å². The van der Waals surface area contributed by atoms with Gasteiger partial charge in [-0.05, 0) is 18.2 Å². The van der Waals surface area contributed by atoms with Crippen molar-refractivity contribution in [1.82, 2.24) is 29.8 Å². The molecule has 0 aliphatic rings. The highest BCUT2D eigenvalue weighted by Gasteiger charge is 2.41. The van der Waals surface area contributed by atoms with Crippen LogP contribution in [-0.2, 0) is 12.1 Å². The molecule has 0 radical (unpaired) electrons. The van der Waals surface area contributed by atoms with Gasteiger partial charge in [0.05, 0.1) is 18.4 Å². The summed E-state index contributed by atoms with van der Waals surface area (Å²) in [5.41, 5.74) is -1.55. The van der Waals surface area contributed by atoms with Crippen molar-refractivity contribution >= 4 is 0 Å². The smallest absolute Gasteiger partial charge is 0.148 e. The van der Waals surface area contributed by atoms with Gasteiger partial charge >= 0.3 is 0 Å². The van der Waals surface area contributed by atoms with Gasteiger partial charge in [-0.2, -0.15) is 5.10 Å². The van der Waals surface area contributed by atoms with Gasteiger partial charge in [-0.1, -0.05) is 30.3 Å². The van der Waals surface area contributed by atoms with E-state index in [2.05, 4.69) is 20.4 Å². The minimum absolute atomic E-state index is 0.132. The van der Waals surface area contributed by atoms with E-state index >= 15 is 0 Å². The third-order valence-electron chi connectivity index (χ3n) is 5.04. The molecule has 4 aromatic rings. The Morgan fingerprint density at radius 3 is 2.60 bits per heavy atom. The lowest BCUT2D eigenvalue weighted by atomic mass is 9.80. The maximum Gasteiger partial charge on any atom is 0.148 e. The van der Waals surface area contributed by atoms with Crippen LogP contribution < -0.4 is 0 Å². The molecule has 30 heavy (non-hydrogen) atoms. The SMILES string of the molecule is CC(c1cn(-c2ccccc2F)nn1)C(O)(Cn1cncn1)c1ccc(F)cc1F. The Kier molecular flexibility index (Phi) is 5.08. The zero-order valence-corrected chi connectivity index (χ0v) is 15.8. The van der Waals surface area contributed by atoms with E-state index < -0.39 is 29.0 Å². The molecule has 0 aliphatic heterocycles. The molecule has 0 spiro atoms. The maximum atomic E-state index is 14.6. The summed E-state index contributed by atoms with van der Waals surface area (Å²) in [6.45, 7) is 1.44. The van der Waals surface area contributed by atoms with Crippen molar-refractivity contribution in [2.45, 2.75) is 25.0 Å². The first-order valence-corrected chi connectivity index (χ1v) is 9.06. The molecule has 2 heterocycles. The van der Waals surface area contributed by atoms with Crippen molar-refractivity contribution in [1.29, 1.82) is 0 Å². The number of halogens is 3. The molecule has 0 amide bonds. The zero-order valence-electron chi connectivity index (χ0n) is 15.8. The monoisotopic (exact) mass is 414 g/mol. The van der Waals surface area contributed by atoms with Crippen LogP contribution in [0.4, 0.5) is 13.2 Å². The van der Waals surface area contributed by atoms with E-state index in [9.17, 15) is 18.3 Å². The molecule has 4 rings (SSSR count). The van der Waals surface area contributed by atoms with Gasteiger partial charge < -0.3 is 5.11 Å². The van der Waals surface area contributed by atoms with Crippen molar-refractivity contribution in [2.75, 3.05) is 0 Å². The molecule has 1 N–H and O–H groups in total. The van der Waals surface area contributed by atoms with E-state index in [4.69, 9.17) is 0 Å². The average Bonchev–Trinajstić information content (AvgIpc) is 3.39. The highest BCUT2D eigenvalue weighted by molar-refractivity contribution is 5.34. The Morgan fingerprint density at radius 2 is 1.90 bits per heavy atom. The second kappa shape index (κ2) is 7.71. The molecule has 2 aromatic heterocycles. The lowest BCUT2D eigenvalue weighted by molar-refractivity contribution is -0.0123. The lowest BCUT2D eigenvalue weighted by Crippen LogP contribution is -2.38. The molecular weight excluding hydrogens is 397 g/mol. The average molecular weight is 414 g/mol. The van der Waals surface area contributed by atoms with Crippen molar-refractivity contribution in [3.63, 3.8) is 0 Å². The molecule has 0 bridgehead atoms. The molecule has 0 aliphatic carbocycles. The van der Waals surface area contributed by atoms with Crippen LogP contribution in [0.5, 0.6) is 0 Å². The second-order valence-corrected chi connectivity index (χ2v) is 6.90. The fraction of sp³-hybridized carbons (Fsp3) is 0.200. The predicted molar refractivity (Wildman–Crippen MR) is 100 cm³/mol. The number of nitrogens with zero attached hydrogens (tertiary/aromatic N) is 6. The Bertz CT molecular complexity index is 1160. The van der Waals surface area contributed by atoms with E-state index in [-0.39, 0.29) is 23.5 Å². The van der Waals surface area contributed by atoms with Gasteiger partial charge in [0, 0.05) is 17.5 Å². The Morgan fingerprint density at radius 1 is 1.10 bits per heavy atom. The summed E-state index contributed by atoms with van der Waals surface area (Å²) in [5.74, 6) is -2.99. The molecule has 7 nitrogen and oxygen atoms in total. The van der Waals surface area contributed by atoms with E-state index in [1.807, 2.05) is 0 Å². The van der Waals surface area contributed by atoms with Crippen LogP contribution in [0.1, 0.15) is 24.1 Å². The fourth-order valence-electron chi connectivity index (χ4n) is 3.33. The van der Waals surface area contributed by atoms with Crippen molar-refractivity contribution < 1.29 is 18.3 Å². The topological polar surface area (TPSA) is 81.6 Å². The van der Waals surface area contributed by atoms with Crippen LogP contribution in [-0.4, -0.2) is 34.9 Å². The normalized spacial score (nSPS) is 14.4. The molecule has 0 fully saturated rings. The lowest BCUT2D eigenvalue weighted by Gasteiger charge is -2.33. The summed E-state index contributed by atoms with van der Waals surface area (Å²) in [5, 5.41) is 23.5.